The van der Waals surface area contributed by atoms with Gasteiger partial charge in [-0.25, -0.2) is 4.98 Å². The van der Waals surface area contributed by atoms with Crippen LogP contribution in [0.15, 0.2) is 30.6 Å². The molecule has 0 spiro atoms. The van der Waals surface area contributed by atoms with E-state index in [0.717, 1.165) is 0 Å². The van der Waals surface area contributed by atoms with Crippen LogP contribution in [-0.2, 0) is 4.79 Å². The first-order chi connectivity index (χ1) is 10.6. The van der Waals surface area contributed by atoms with Gasteiger partial charge < -0.3 is 15.4 Å². The Bertz CT molecular complexity index is 667. The van der Waals surface area contributed by atoms with Gasteiger partial charge in [-0.1, -0.05) is 23.2 Å². The second-order valence-electron chi connectivity index (χ2n) is 4.30. The van der Waals surface area contributed by atoms with Crippen LogP contribution in [0.1, 0.15) is 6.42 Å². The first-order valence-electron chi connectivity index (χ1n) is 6.43. The topological polar surface area (TPSA) is 76.1 Å². The van der Waals surface area contributed by atoms with Crippen molar-refractivity contribution in [1.29, 1.82) is 0 Å². The van der Waals surface area contributed by atoms with Crippen molar-refractivity contribution in [2.45, 2.75) is 6.42 Å². The molecule has 0 aliphatic heterocycles. The normalized spacial score (nSPS) is 10.1. The Kier molecular flexibility index (Phi) is 5.80. The van der Waals surface area contributed by atoms with Crippen LogP contribution in [0.3, 0.4) is 0 Å². The lowest BCUT2D eigenvalue weighted by atomic mass is 10.2. The van der Waals surface area contributed by atoms with Crippen LogP contribution in [0.2, 0.25) is 10.2 Å². The van der Waals surface area contributed by atoms with E-state index in [1.54, 1.807) is 18.2 Å². The van der Waals surface area contributed by atoms with Gasteiger partial charge in [0.1, 0.15) is 16.7 Å². The molecule has 0 saturated carbocycles. The lowest BCUT2D eigenvalue weighted by Crippen LogP contribution is -2.17. The minimum absolute atomic E-state index is 0.178. The van der Waals surface area contributed by atoms with E-state index in [-0.39, 0.29) is 17.5 Å². The van der Waals surface area contributed by atoms with Crippen molar-refractivity contribution in [3.63, 3.8) is 0 Å². The van der Waals surface area contributed by atoms with Crippen LogP contribution in [0.4, 0.5) is 11.5 Å². The average Bonchev–Trinajstić information content (AvgIpc) is 2.47. The Labute approximate surface area is 137 Å². The minimum Gasteiger partial charge on any atom is -0.495 e. The van der Waals surface area contributed by atoms with E-state index in [1.165, 1.54) is 19.5 Å². The summed E-state index contributed by atoms with van der Waals surface area (Å²) in [5, 5.41) is 6.52. The molecule has 0 unspecified atom stereocenters. The Morgan fingerprint density at radius 1 is 1.32 bits per heavy atom. The molecular weight excluding hydrogens is 327 g/mol. The van der Waals surface area contributed by atoms with E-state index in [4.69, 9.17) is 27.9 Å². The molecule has 0 bridgehead atoms. The molecule has 0 radical (unpaired) electrons. The van der Waals surface area contributed by atoms with Crippen molar-refractivity contribution in [2.24, 2.45) is 0 Å². The number of methoxy groups -OCH3 is 1. The third kappa shape index (κ3) is 4.75. The van der Waals surface area contributed by atoms with E-state index in [0.29, 0.717) is 28.8 Å². The highest BCUT2D eigenvalue weighted by Crippen LogP contribution is 2.27. The standard InChI is InChI=1S/C14H14Cl2N4O2/c1-22-11-3-2-9(15)6-10(11)19-14(21)4-5-18-13-8-17-7-12(16)20-13/h2-3,6-8H,4-5H2,1H3,(H,18,20)(H,19,21). The number of benzene rings is 1. The van der Waals surface area contributed by atoms with Gasteiger partial charge in [0, 0.05) is 18.0 Å². The molecule has 0 saturated heterocycles. The monoisotopic (exact) mass is 340 g/mol. The van der Waals surface area contributed by atoms with Crippen molar-refractivity contribution in [3.8, 4) is 5.75 Å². The molecule has 0 aliphatic carbocycles. The third-order valence-electron chi connectivity index (χ3n) is 2.70. The quantitative estimate of drug-likeness (QED) is 0.844. The molecule has 22 heavy (non-hydrogen) atoms. The van der Waals surface area contributed by atoms with Crippen LogP contribution in [0.5, 0.6) is 5.75 Å². The summed E-state index contributed by atoms with van der Waals surface area (Å²) in [4.78, 5) is 19.8. The summed E-state index contributed by atoms with van der Waals surface area (Å²) in [7, 11) is 1.53. The molecule has 6 nitrogen and oxygen atoms in total. The van der Waals surface area contributed by atoms with Crippen molar-refractivity contribution in [1.82, 2.24) is 9.97 Å². The van der Waals surface area contributed by atoms with E-state index in [2.05, 4.69) is 20.6 Å². The first kappa shape index (κ1) is 16.3. The lowest BCUT2D eigenvalue weighted by molar-refractivity contribution is -0.115. The van der Waals surface area contributed by atoms with E-state index in [9.17, 15) is 4.79 Å². The summed E-state index contributed by atoms with van der Waals surface area (Å²) >= 11 is 11.6. The molecule has 0 fully saturated rings. The second-order valence-corrected chi connectivity index (χ2v) is 5.12. The fourth-order valence-electron chi connectivity index (χ4n) is 1.72. The molecule has 0 aliphatic rings. The summed E-state index contributed by atoms with van der Waals surface area (Å²) in [6, 6.07) is 5.02. The van der Waals surface area contributed by atoms with E-state index in [1.807, 2.05) is 0 Å². The predicted molar refractivity (Wildman–Crippen MR) is 86.8 cm³/mol. The predicted octanol–water partition coefficient (Wildman–Crippen LogP) is 3.23. The Hall–Kier alpha value is -2.05. The van der Waals surface area contributed by atoms with Gasteiger partial charge >= 0.3 is 0 Å². The minimum atomic E-state index is -0.178. The number of hydrogen-bond donors (Lipinski definition) is 2. The van der Waals surface area contributed by atoms with Crippen molar-refractivity contribution >= 4 is 40.6 Å². The average molecular weight is 341 g/mol. The Morgan fingerprint density at radius 3 is 2.86 bits per heavy atom. The number of carbonyl (C=O) groups is 1. The van der Waals surface area contributed by atoms with E-state index >= 15 is 0 Å². The van der Waals surface area contributed by atoms with Gasteiger partial charge in [-0.3, -0.25) is 9.78 Å². The molecule has 2 N–H and O–H groups in total. The van der Waals surface area contributed by atoms with Crippen LogP contribution in [0, 0.1) is 0 Å². The number of rotatable bonds is 6. The highest BCUT2D eigenvalue weighted by Gasteiger charge is 2.08. The maximum Gasteiger partial charge on any atom is 0.226 e. The number of aromatic nitrogens is 2. The highest BCUT2D eigenvalue weighted by atomic mass is 35.5. The maximum atomic E-state index is 11.9. The van der Waals surface area contributed by atoms with Gasteiger partial charge in [-0.05, 0) is 18.2 Å². The highest BCUT2D eigenvalue weighted by molar-refractivity contribution is 6.31. The zero-order valence-electron chi connectivity index (χ0n) is 11.8. The van der Waals surface area contributed by atoms with Crippen LogP contribution < -0.4 is 15.4 Å². The fraction of sp³-hybridized carbons (Fsp3) is 0.214. The second kappa shape index (κ2) is 7.82. The van der Waals surface area contributed by atoms with Gasteiger partial charge in [-0.2, -0.15) is 0 Å². The SMILES string of the molecule is COc1ccc(Cl)cc1NC(=O)CCNc1cncc(Cl)n1. The zero-order valence-corrected chi connectivity index (χ0v) is 13.3. The van der Waals surface area contributed by atoms with Crippen LogP contribution >= 0.6 is 23.2 Å². The summed E-state index contributed by atoms with van der Waals surface area (Å²) in [6.07, 6.45) is 3.21. The molecule has 8 heteroatoms. The van der Waals surface area contributed by atoms with Crippen LogP contribution in [0.25, 0.3) is 0 Å². The summed E-state index contributed by atoms with van der Waals surface area (Å²) in [6.45, 7) is 0.393. The molecule has 1 aromatic heterocycles. The molecule has 1 heterocycles. The first-order valence-corrected chi connectivity index (χ1v) is 7.19. The molecule has 2 aromatic rings. The fourth-order valence-corrected chi connectivity index (χ4v) is 2.04. The summed E-state index contributed by atoms with van der Waals surface area (Å²) in [5.41, 5.74) is 0.530. The molecule has 116 valence electrons. The van der Waals surface area contributed by atoms with E-state index < -0.39 is 0 Å². The molecular formula is C14H14Cl2N4O2. The maximum absolute atomic E-state index is 11.9. The number of anilines is 2. The number of ether oxygens (including phenoxy) is 1. The summed E-state index contributed by atoms with van der Waals surface area (Å²) in [5.74, 6) is 0.884. The van der Waals surface area contributed by atoms with Crippen molar-refractivity contribution < 1.29 is 9.53 Å². The number of carbonyl (C=O) groups excluding carboxylic acids is 1. The Balaban J connectivity index is 1.87. The van der Waals surface area contributed by atoms with Gasteiger partial charge in [0.25, 0.3) is 0 Å². The smallest absolute Gasteiger partial charge is 0.226 e. The molecule has 1 amide bonds. The number of halogens is 2. The zero-order chi connectivity index (χ0) is 15.9. The number of amides is 1. The summed E-state index contributed by atoms with van der Waals surface area (Å²) < 4.78 is 5.17. The third-order valence-corrected chi connectivity index (χ3v) is 3.12. The van der Waals surface area contributed by atoms with Gasteiger partial charge in [0.05, 0.1) is 25.2 Å². The largest absolute Gasteiger partial charge is 0.495 e. The molecule has 1 aromatic carbocycles. The van der Waals surface area contributed by atoms with Gasteiger partial charge in [0.2, 0.25) is 5.91 Å². The molecule has 2 rings (SSSR count). The number of nitrogens with one attached hydrogen (secondary N) is 2. The lowest BCUT2D eigenvalue weighted by Gasteiger charge is -2.11. The van der Waals surface area contributed by atoms with Crippen molar-refractivity contribution in [2.75, 3.05) is 24.3 Å². The van der Waals surface area contributed by atoms with Gasteiger partial charge in [0.15, 0.2) is 0 Å². The number of hydrogen-bond acceptors (Lipinski definition) is 5. The van der Waals surface area contributed by atoms with Crippen molar-refractivity contribution in [3.05, 3.63) is 40.8 Å². The Morgan fingerprint density at radius 2 is 2.14 bits per heavy atom. The molecule has 0 atom stereocenters. The van der Waals surface area contributed by atoms with Crippen LogP contribution in [-0.4, -0.2) is 29.5 Å². The van der Waals surface area contributed by atoms with Gasteiger partial charge in [-0.15, -0.1) is 0 Å². The number of nitrogens with zero attached hydrogens (tertiary/aromatic N) is 2.